The minimum Gasteiger partial charge on any atom is -0.377 e. The highest BCUT2D eigenvalue weighted by Crippen LogP contribution is 2.18. The third kappa shape index (κ3) is 7.41. The fraction of sp³-hybridized carbons (Fsp3) is 0.909. The van der Waals surface area contributed by atoms with Crippen LogP contribution in [0.25, 0.3) is 0 Å². The van der Waals surface area contributed by atoms with Gasteiger partial charge in [0.05, 0.1) is 6.54 Å². The van der Waals surface area contributed by atoms with Crippen LogP contribution in [0.1, 0.15) is 33.1 Å². The SMILES string of the molecule is CCCO[Si](CCCN=C=O)(OC)OCCC. The van der Waals surface area contributed by atoms with Crippen molar-refractivity contribution in [1.82, 2.24) is 0 Å². The van der Waals surface area contributed by atoms with Crippen molar-refractivity contribution >= 4 is 14.9 Å². The van der Waals surface area contributed by atoms with Crippen LogP contribution in [-0.4, -0.2) is 41.8 Å². The number of isocyanates is 1. The summed E-state index contributed by atoms with van der Waals surface area (Å²) in [5, 5.41) is 0. The van der Waals surface area contributed by atoms with E-state index in [9.17, 15) is 4.79 Å². The Bertz CT molecular complexity index is 224. The first-order chi connectivity index (χ1) is 8.24. The van der Waals surface area contributed by atoms with Crippen molar-refractivity contribution in [2.75, 3.05) is 26.9 Å². The molecular formula is C11H23NO4Si. The van der Waals surface area contributed by atoms with Crippen molar-refractivity contribution in [3.05, 3.63) is 0 Å². The molecule has 0 aromatic rings. The summed E-state index contributed by atoms with van der Waals surface area (Å²) in [5.41, 5.74) is 0. The predicted molar refractivity (Wildman–Crippen MR) is 67.7 cm³/mol. The Morgan fingerprint density at radius 2 is 1.76 bits per heavy atom. The molecule has 0 aliphatic heterocycles. The van der Waals surface area contributed by atoms with Crippen molar-refractivity contribution in [3.63, 3.8) is 0 Å². The molecule has 100 valence electrons. The lowest BCUT2D eigenvalue weighted by atomic mass is 10.5. The highest BCUT2D eigenvalue weighted by Gasteiger charge is 2.39. The number of hydrogen-bond acceptors (Lipinski definition) is 5. The van der Waals surface area contributed by atoms with Crippen molar-refractivity contribution in [2.45, 2.75) is 39.2 Å². The Morgan fingerprint density at radius 3 is 2.18 bits per heavy atom. The molecule has 0 radical (unpaired) electrons. The molecule has 0 spiro atoms. The van der Waals surface area contributed by atoms with Crippen LogP contribution in [0.3, 0.4) is 0 Å². The van der Waals surface area contributed by atoms with Crippen LogP contribution in [0.5, 0.6) is 0 Å². The van der Waals surface area contributed by atoms with E-state index in [4.69, 9.17) is 13.3 Å². The lowest BCUT2D eigenvalue weighted by molar-refractivity contribution is 0.0771. The van der Waals surface area contributed by atoms with Gasteiger partial charge in [0.25, 0.3) is 0 Å². The Balaban J connectivity index is 4.26. The fourth-order valence-electron chi connectivity index (χ4n) is 1.34. The zero-order valence-corrected chi connectivity index (χ0v) is 12.0. The van der Waals surface area contributed by atoms with E-state index in [1.165, 1.54) is 6.08 Å². The molecule has 0 fully saturated rings. The molecule has 0 aliphatic carbocycles. The van der Waals surface area contributed by atoms with Gasteiger partial charge in [0.1, 0.15) is 0 Å². The quantitative estimate of drug-likeness (QED) is 0.247. The summed E-state index contributed by atoms with van der Waals surface area (Å²) in [6, 6.07) is 0.689. The van der Waals surface area contributed by atoms with Gasteiger partial charge >= 0.3 is 8.80 Å². The van der Waals surface area contributed by atoms with Crippen LogP contribution in [-0.2, 0) is 18.1 Å². The molecule has 0 saturated carbocycles. The molecule has 0 unspecified atom stereocenters. The second kappa shape index (κ2) is 10.6. The monoisotopic (exact) mass is 261 g/mol. The Morgan fingerprint density at radius 1 is 1.18 bits per heavy atom. The molecule has 0 aliphatic rings. The summed E-state index contributed by atoms with van der Waals surface area (Å²) in [7, 11) is -0.926. The first kappa shape index (κ1) is 16.5. The van der Waals surface area contributed by atoms with Gasteiger partial charge in [-0.2, -0.15) is 0 Å². The maximum Gasteiger partial charge on any atom is 0.500 e. The van der Waals surface area contributed by atoms with Crippen LogP contribution in [0.4, 0.5) is 0 Å². The molecule has 0 aromatic heterocycles. The summed E-state index contributed by atoms with van der Waals surface area (Å²) in [6.07, 6.45) is 4.11. The van der Waals surface area contributed by atoms with Gasteiger partial charge < -0.3 is 13.3 Å². The normalized spacial score (nSPS) is 11.2. The van der Waals surface area contributed by atoms with Gasteiger partial charge in [-0.3, -0.25) is 0 Å². The van der Waals surface area contributed by atoms with E-state index in [-0.39, 0.29) is 0 Å². The number of nitrogens with zero attached hydrogens (tertiary/aromatic N) is 1. The molecule has 0 N–H and O–H groups in total. The van der Waals surface area contributed by atoms with E-state index in [1.807, 2.05) is 13.8 Å². The van der Waals surface area contributed by atoms with Crippen LogP contribution < -0.4 is 0 Å². The van der Waals surface area contributed by atoms with Gasteiger partial charge in [0.15, 0.2) is 0 Å². The second-order valence-corrected chi connectivity index (χ2v) is 6.51. The lowest BCUT2D eigenvalue weighted by Crippen LogP contribution is -2.45. The zero-order valence-electron chi connectivity index (χ0n) is 11.0. The van der Waals surface area contributed by atoms with E-state index in [0.717, 1.165) is 19.3 Å². The second-order valence-electron chi connectivity index (χ2n) is 3.66. The van der Waals surface area contributed by atoms with Gasteiger partial charge in [-0.05, 0) is 19.3 Å². The molecule has 6 heteroatoms. The molecule has 5 nitrogen and oxygen atoms in total. The zero-order chi connectivity index (χ0) is 13.0. The average molecular weight is 261 g/mol. The Kier molecular flexibility index (Phi) is 10.3. The maximum absolute atomic E-state index is 9.97. The molecule has 0 saturated heterocycles. The summed E-state index contributed by atoms with van der Waals surface area (Å²) in [6.45, 7) is 5.82. The standard InChI is InChI=1S/C11H23NO4Si/c1-4-8-15-17(14-3,16-9-5-2)10-6-7-12-11-13/h4-10H2,1-3H3. The molecule has 0 bridgehead atoms. The first-order valence-corrected chi connectivity index (χ1v) is 8.04. The smallest absolute Gasteiger partial charge is 0.377 e. The Labute approximate surface area is 105 Å². The molecule has 0 aromatic carbocycles. The minimum atomic E-state index is -2.55. The van der Waals surface area contributed by atoms with Crippen LogP contribution in [0.15, 0.2) is 4.99 Å². The van der Waals surface area contributed by atoms with Crippen molar-refractivity contribution < 1.29 is 18.1 Å². The van der Waals surface area contributed by atoms with Crippen molar-refractivity contribution in [3.8, 4) is 0 Å². The van der Waals surface area contributed by atoms with Gasteiger partial charge in [-0.15, -0.1) is 0 Å². The van der Waals surface area contributed by atoms with Crippen molar-refractivity contribution in [2.24, 2.45) is 4.99 Å². The highest BCUT2D eigenvalue weighted by atomic mass is 28.4. The van der Waals surface area contributed by atoms with Crippen molar-refractivity contribution in [1.29, 1.82) is 0 Å². The third-order valence-electron chi connectivity index (χ3n) is 2.18. The molecule has 0 heterocycles. The fourth-order valence-corrected chi connectivity index (χ4v) is 3.77. The molecular weight excluding hydrogens is 238 g/mol. The first-order valence-electron chi connectivity index (χ1n) is 6.11. The lowest BCUT2D eigenvalue weighted by Gasteiger charge is -2.27. The highest BCUT2D eigenvalue weighted by molar-refractivity contribution is 6.60. The van der Waals surface area contributed by atoms with E-state index >= 15 is 0 Å². The molecule has 17 heavy (non-hydrogen) atoms. The largest absolute Gasteiger partial charge is 0.500 e. The van der Waals surface area contributed by atoms with Gasteiger partial charge in [0, 0.05) is 26.4 Å². The minimum absolute atomic E-state index is 0.451. The van der Waals surface area contributed by atoms with Gasteiger partial charge in [-0.25, -0.2) is 9.79 Å². The third-order valence-corrected chi connectivity index (χ3v) is 5.06. The summed E-state index contributed by atoms with van der Waals surface area (Å²) in [4.78, 5) is 13.5. The molecule has 0 rings (SSSR count). The van der Waals surface area contributed by atoms with Crippen LogP contribution >= 0.6 is 0 Å². The topological polar surface area (TPSA) is 57.1 Å². The summed E-state index contributed by atoms with van der Waals surface area (Å²) in [5.74, 6) is 0. The molecule has 0 amide bonds. The van der Waals surface area contributed by atoms with Crippen LogP contribution in [0.2, 0.25) is 6.04 Å². The van der Waals surface area contributed by atoms with E-state index < -0.39 is 8.80 Å². The average Bonchev–Trinajstić information content (AvgIpc) is 2.37. The number of aliphatic imine (C=N–C) groups is 1. The predicted octanol–water partition coefficient (Wildman–Crippen LogP) is 2.15. The molecule has 0 atom stereocenters. The van der Waals surface area contributed by atoms with E-state index in [1.54, 1.807) is 7.11 Å². The Hall–Kier alpha value is -0.523. The summed E-state index contributed by atoms with van der Waals surface area (Å²) < 4.78 is 17.0. The maximum atomic E-state index is 9.97. The van der Waals surface area contributed by atoms with E-state index in [0.29, 0.717) is 25.8 Å². The van der Waals surface area contributed by atoms with Gasteiger partial charge in [-0.1, -0.05) is 13.8 Å². The number of rotatable bonds is 11. The number of carbonyl (C=O) groups excluding carboxylic acids is 1. The van der Waals surface area contributed by atoms with Gasteiger partial charge in [0.2, 0.25) is 6.08 Å². The van der Waals surface area contributed by atoms with E-state index in [2.05, 4.69) is 4.99 Å². The number of hydrogen-bond donors (Lipinski definition) is 0. The summed E-state index contributed by atoms with van der Waals surface area (Å²) >= 11 is 0. The van der Waals surface area contributed by atoms with Crippen LogP contribution in [0, 0.1) is 0 Å².